The van der Waals surface area contributed by atoms with E-state index in [1.54, 1.807) is 11.8 Å². The second-order valence-corrected chi connectivity index (χ2v) is 15.5. The standard InChI is InChI=1S/C28H25ClN4O6S3/c1-11(24(34)31-14-6-8-15(9-7-14)42(30,38)39)33-26(35)20-16-10-17(21(20)27(33)36)22-19(16)18(12-2-4-13(29)5-3-12)23-25(40-22)32-28(37)41-23/h2-9,11,16-22H,10H2,1H3,(H,31,34)(H,32,37)(H2,30,38,39). The summed E-state index contributed by atoms with van der Waals surface area (Å²) in [5.41, 5.74) is 1.33. The molecule has 42 heavy (non-hydrogen) atoms. The van der Waals surface area contributed by atoms with E-state index < -0.39 is 33.8 Å². The first kappa shape index (κ1) is 27.8. The van der Waals surface area contributed by atoms with Gasteiger partial charge in [0.1, 0.15) is 6.04 Å². The van der Waals surface area contributed by atoms with Gasteiger partial charge in [0.2, 0.25) is 27.7 Å². The van der Waals surface area contributed by atoms with Crippen molar-refractivity contribution in [3.05, 3.63) is 73.7 Å². The number of hydrogen-bond donors (Lipinski definition) is 3. The minimum absolute atomic E-state index is 0.0350. The molecule has 3 aromatic rings. The fourth-order valence-corrected chi connectivity index (χ4v) is 11.1. The van der Waals surface area contributed by atoms with Crippen LogP contribution in [0.5, 0.6) is 0 Å². The Balaban J connectivity index is 1.17. The maximum Gasteiger partial charge on any atom is 0.305 e. The number of fused-ring (bicyclic) bond motifs is 9. The SMILES string of the molecule is CC(C(=O)Nc1ccc(S(N)(=O)=O)cc1)N1C(=O)C2C3CC(C2C1=O)C1C(c2ccc(Cl)cc2)c2sc(=O)[nH]c2SC31. The first-order valence-electron chi connectivity index (χ1n) is 13.4. The van der Waals surface area contributed by atoms with E-state index in [0.717, 1.165) is 26.8 Å². The van der Waals surface area contributed by atoms with E-state index in [-0.39, 0.29) is 50.5 Å². The zero-order valence-corrected chi connectivity index (χ0v) is 25.2. The lowest BCUT2D eigenvalue weighted by molar-refractivity contribution is -0.146. The second-order valence-electron chi connectivity index (χ2n) is 11.3. The van der Waals surface area contributed by atoms with Gasteiger partial charge < -0.3 is 10.3 Å². The van der Waals surface area contributed by atoms with Crippen LogP contribution in [0.25, 0.3) is 0 Å². The molecular formula is C28H25ClN4O6S3. The average Bonchev–Trinajstić information content (AvgIpc) is 3.67. The van der Waals surface area contributed by atoms with Crippen LogP contribution in [-0.4, -0.2) is 47.3 Å². The van der Waals surface area contributed by atoms with Crippen molar-refractivity contribution < 1.29 is 22.8 Å². The van der Waals surface area contributed by atoms with E-state index in [1.165, 1.54) is 42.5 Å². The van der Waals surface area contributed by atoms with Crippen molar-refractivity contribution in [2.24, 2.45) is 34.7 Å². The number of aromatic amines is 1. The lowest BCUT2D eigenvalue weighted by Crippen LogP contribution is -2.46. The molecule has 218 valence electrons. The smallest absolute Gasteiger partial charge is 0.305 e. The molecule has 3 amide bonds. The van der Waals surface area contributed by atoms with Gasteiger partial charge in [-0.25, -0.2) is 13.6 Å². The number of nitrogens with zero attached hydrogens (tertiary/aromatic N) is 1. The number of imide groups is 1. The second kappa shape index (κ2) is 9.78. The number of thioether (sulfide) groups is 1. The van der Waals surface area contributed by atoms with Gasteiger partial charge >= 0.3 is 4.87 Å². The van der Waals surface area contributed by atoms with Crippen molar-refractivity contribution in [1.29, 1.82) is 0 Å². The van der Waals surface area contributed by atoms with Crippen molar-refractivity contribution in [1.82, 2.24) is 9.88 Å². The summed E-state index contributed by atoms with van der Waals surface area (Å²) in [7, 11) is -3.89. The van der Waals surface area contributed by atoms with Crippen LogP contribution in [0.4, 0.5) is 5.69 Å². The lowest BCUT2D eigenvalue weighted by atomic mass is 9.68. The summed E-state index contributed by atoms with van der Waals surface area (Å²) in [5.74, 6) is -2.49. The molecule has 0 spiro atoms. The number of nitrogens with two attached hydrogens (primary N) is 1. The molecule has 3 heterocycles. The highest BCUT2D eigenvalue weighted by atomic mass is 35.5. The molecule has 2 aliphatic carbocycles. The number of amides is 3. The van der Waals surface area contributed by atoms with Crippen LogP contribution in [0.2, 0.25) is 5.02 Å². The van der Waals surface area contributed by atoms with Gasteiger partial charge in [-0.1, -0.05) is 35.1 Å². The molecule has 14 heteroatoms. The largest absolute Gasteiger partial charge is 0.324 e. The summed E-state index contributed by atoms with van der Waals surface area (Å²) >= 11 is 8.97. The Morgan fingerprint density at radius 3 is 2.33 bits per heavy atom. The summed E-state index contributed by atoms with van der Waals surface area (Å²) < 4.78 is 23.1. The number of nitrogens with one attached hydrogen (secondary N) is 2. The number of rotatable bonds is 5. The molecule has 2 aromatic carbocycles. The van der Waals surface area contributed by atoms with Crippen molar-refractivity contribution in [3.8, 4) is 0 Å². The Labute approximate surface area is 254 Å². The van der Waals surface area contributed by atoms with E-state index in [2.05, 4.69) is 10.3 Å². The highest BCUT2D eigenvalue weighted by Crippen LogP contribution is 2.68. The van der Waals surface area contributed by atoms with E-state index in [0.29, 0.717) is 10.7 Å². The van der Waals surface area contributed by atoms with Crippen molar-refractivity contribution in [2.75, 3.05) is 5.32 Å². The van der Waals surface area contributed by atoms with Gasteiger partial charge in [-0.15, -0.1) is 11.8 Å². The van der Waals surface area contributed by atoms with Crippen LogP contribution in [0.1, 0.15) is 29.7 Å². The van der Waals surface area contributed by atoms with Crippen molar-refractivity contribution in [3.63, 3.8) is 0 Å². The Bertz CT molecular complexity index is 1810. The van der Waals surface area contributed by atoms with Crippen LogP contribution >= 0.6 is 34.7 Å². The summed E-state index contributed by atoms with van der Waals surface area (Å²) in [5, 5.41) is 9.28. The highest BCUT2D eigenvalue weighted by molar-refractivity contribution is 8.00. The monoisotopic (exact) mass is 644 g/mol. The Hall–Kier alpha value is -2.97. The molecule has 8 atom stereocenters. The first-order valence-corrected chi connectivity index (χ1v) is 17.0. The number of H-pyrrole nitrogens is 1. The minimum Gasteiger partial charge on any atom is -0.324 e. The number of carbonyl (C=O) groups is 3. The van der Waals surface area contributed by atoms with Crippen LogP contribution in [-0.2, 0) is 24.4 Å². The predicted octanol–water partition coefficient (Wildman–Crippen LogP) is 3.24. The first-order chi connectivity index (χ1) is 19.9. The molecule has 7 rings (SSSR count). The number of aromatic nitrogens is 1. The van der Waals surface area contributed by atoms with Gasteiger partial charge in [0.05, 0.1) is 21.8 Å². The summed E-state index contributed by atoms with van der Waals surface area (Å²) in [6, 6.07) is 11.9. The zero-order chi connectivity index (χ0) is 29.7. The molecule has 0 radical (unpaired) electrons. The van der Waals surface area contributed by atoms with Gasteiger partial charge in [-0.05, 0) is 73.1 Å². The number of hydrogen-bond acceptors (Lipinski definition) is 8. The maximum absolute atomic E-state index is 13.9. The van der Waals surface area contributed by atoms with E-state index in [4.69, 9.17) is 16.7 Å². The molecule has 10 nitrogen and oxygen atoms in total. The Morgan fingerprint density at radius 1 is 1.05 bits per heavy atom. The fourth-order valence-electron chi connectivity index (χ4n) is 7.56. The normalized spacial score (nSPS) is 30.2. The number of thiazole rings is 1. The van der Waals surface area contributed by atoms with Crippen LogP contribution in [0.3, 0.4) is 0 Å². The van der Waals surface area contributed by atoms with E-state index in [1.807, 2.05) is 24.3 Å². The molecule has 4 aliphatic rings. The number of benzene rings is 2. The number of anilines is 1. The summed E-state index contributed by atoms with van der Waals surface area (Å²) in [6.07, 6.45) is 0.739. The predicted molar refractivity (Wildman–Crippen MR) is 158 cm³/mol. The zero-order valence-electron chi connectivity index (χ0n) is 22.0. The Kier molecular flexibility index (Phi) is 6.48. The Morgan fingerprint density at radius 2 is 1.69 bits per heavy atom. The van der Waals surface area contributed by atoms with Gasteiger partial charge in [0.15, 0.2) is 0 Å². The summed E-state index contributed by atoms with van der Waals surface area (Å²) in [6.45, 7) is 1.52. The lowest BCUT2D eigenvalue weighted by Gasteiger charge is -2.43. The molecule has 2 aliphatic heterocycles. The molecule has 4 N–H and O–H groups in total. The van der Waals surface area contributed by atoms with Crippen LogP contribution < -0.4 is 15.3 Å². The molecule has 3 fully saturated rings. The van der Waals surface area contributed by atoms with Crippen LogP contribution in [0, 0.1) is 29.6 Å². The highest BCUT2D eigenvalue weighted by Gasteiger charge is 2.70. The molecule has 1 saturated heterocycles. The molecular weight excluding hydrogens is 620 g/mol. The number of halogens is 1. The van der Waals surface area contributed by atoms with Crippen molar-refractivity contribution >= 4 is 68.1 Å². The van der Waals surface area contributed by atoms with Crippen molar-refractivity contribution in [2.45, 2.75) is 40.5 Å². The fraction of sp³-hybridized carbons (Fsp3) is 0.357. The maximum atomic E-state index is 13.9. The number of likely N-dealkylation sites (tertiary alicyclic amines) is 1. The number of primary sulfonamides is 1. The third kappa shape index (κ3) is 4.20. The number of carbonyl (C=O) groups excluding carboxylic acids is 3. The summed E-state index contributed by atoms with van der Waals surface area (Å²) in [4.78, 5) is 58.1. The van der Waals surface area contributed by atoms with Gasteiger partial charge in [-0.3, -0.25) is 24.1 Å². The molecule has 2 bridgehead atoms. The van der Waals surface area contributed by atoms with Gasteiger partial charge in [0.25, 0.3) is 0 Å². The van der Waals surface area contributed by atoms with Gasteiger partial charge in [0, 0.05) is 26.8 Å². The quantitative estimate of drug-likeness (QED) is 0.360. The molecule has 1 aromatic heterocycles. The van der Waals surface area contributed by atoms with Crippen LogP contribution in [0.15, 0.2) is 63.2 Å². The molecule has 8 unspecified atom stereocenters. The topological polar surface area (TPSA) is 159 Å². The number of sulfonamides is 1. The van der Waals surface area contributed by atoms with E-state index >= 15 is 0 Å². The van der Waals surface area contributed by atoms with Gasteiger partial charge in [-0.2, -0.15) is 0 Å². The average molecular weight is 645 g/mol. The van der Waals surface area contributed by atoms with E-state index in [9.17, 15) is 27.6 Å². The third-order valence-electron chi connectivity index (χ3n) is 9.20. The molecule has 2 saturated carbocycles. The minimum atomic E-state index is -3.89. The third-order valence-corrected chi connectivity index (χ3v) is 13.0.